The summed E-state index contributed by atoms with van der Waals surface area (Å²) in [6.45, 7) is 23.5. The van der Waals surface area contributed by atoms with Gasteiger partial charge in [0.25, 0.3) is 0 Å². The third kappa shape index (κ3) is 12.6. The second-order valence-corrected chi connectivity index (χ2v) is 37.0. The average molecular weight is 1320 g/mol. The van der Waals surface area contributed by atoms with Gasteiger partial charge in [0, 0.05) is 58.5 Å². The fourth-order valence-corrected chi connectivity index (χ4v) is 27.7. The number of hydrogen-bond donors (Lipinski definition) is 12. The lowest BCUT2D eigenvalue weighted by molar-refractivity contribution is -0.207. The second kappa shape index (κ2) is 27.7. The molecule has 16 heteroatoms. The van der Waals surface area contributed by atoms with Crippen molar-refractivity contribution in [3.63, 3.8) is 0 Å². The summed E-state index contributed by atoms with van der Waals surface area (Å²) < 4.78 is 0. The quantitative estimate of drug-likeness (QED) is 0.0513. The van der Waals surface area contributed by atoms with Crippen molar-refractivity contribution in [3.8, 4) is 0 Å². The maximum Gasteiger partial charge on any atom is 0.220 e. The Kier molecular flexibility index (Phi) is 21.2. The molecule has 12 rings (SSSR count). The van der Waals surface area contributed by atoms with E-state index in [-0.39, 0.29) is 175 Å². The Labute approximate surface area is 565 Å². The lowest BCUT2D eigenvalue weighted by atomic mass is 9.43. The van der Waals surface area contributed by atoms with Crippen molar-refractivity contribution in [2.75, 3.05) is 39.3 Å². The molecule has 0 bridgehead atoms. The van der Waals surface area contributed by atoms with Gasteiger partial charge in [-0.05, 0) is 293 Å². The Bertz CT molecular complexity index is 2380. The largest absolute Gasteiger partial charge is 0.393 e. The van der Waals surface area contributed by atoms with Gasteiger partial charge in [-0.15, -0.1) is 0 Å². The maximum atomic E-state index is 13.8. The minimum absolute atomic E-state index is 0.0144. The third-order valence-corrected chi connectivity index (χ3v) is 33.3. The van der Waals surface area contributed by atoms with E-state index < -0.39 is 36.6 Å². The number of amides is 3. The molecule has 3 amide bonds. The van der Waals surface area contributed by atoms with Crippen LogP contribution in [-0.2, 0) is 14.4 Å². The number of nitrogens with zero attached hydrogens (tertiary/aromatic N) is 1. The van der Waals surface area contributed by atoms with Gasteiger partial charge in [0.15, 0.2) is 0 Å². The molecule has 0 heterocycles. The number of aliphatic hydroxyl groups is 9. The summed E-state index contributed by atoms with van der Waals surface area (Å²) >= 11 is 0. The molecule has 16 nitrogen and oxygen atoms in total. The minimum atomic E-state index is -0.480. The summed E-state index contributed by atoms with van der Waals surface area (Å²) in [6, 6.07) is 0. The van der Waals surface area contributed by atoms with Gasteiger partial charge in [0.1, 0.15) is 0 Å². The fraction of sp³-hybridized carbons (Fsp3) is 0.962. The smallest absolute Gasteiger partial charge is 0.220 e. The van der Waals surface area contributed by atoms with Crippen molar-refractivity contribution in [2.24, 2.45) is 139 Å². The minimum Gasteiger partial charge on any atom is -0.393 e. The molecule has 12 saturated carbocycles. The molecule has 0 saturated heterocycles. The first kappa shape index (κ1) is 71.8. The highest BCUT2D eigenvalue weighted by atomic mass is 16.3. The van der Waals surface area contributed by atoms with Crippen LogP contribution < -0.4 is 16.0 Å². The van der Waals surface area contributed by atoms with E-state index >= 15 is 0 Å². The van der Waals surface area contributed by atoms with Crippen molar-refractivity contribution in [1.82, 2.24) is 20.9 Å². The standard InChI is InChI=1S/C78H132N4O12/c1-43(52-13-16-55-70-58(40-64(89)76(52,55)7)73(4)25-22-49(83)34-46(73)37-61(70)86)10-19-67(92)79-28-31-82(32-29-80-68(93)20-11-44(2)53-14-17-56-71-59(41-65(90)77(53,56)8)74(5)26-23-50(84)35-47(74)38-62(71)87)33-30-81-69(94)21-12-45(3)54-15-18-57-72-60(42-66(91)78(54,57)9)75(6)27-24-51(85)36-48(75)39-63(72)88/h43-66,70-72,83-91H,10-42H2,1-9H3,(H,79,92)(H,80,93)(H,81,94)/t43-,44-,45-,46-,47-,48-,49-,50-,51-,52-,53-,54-,55+,56+,57+,58+,59+,60+,61-,62-,63-,64+,65+,66+,70+,71+,72+,73+,74+,75+,76-,77-,78-/m1/s1. The van der Waals surface area contributed by atoms with E-state index in [2.05, 4.69) is 83.2 Å². The first-order chi connectivity index (χ1) is 44.5. The van der Waals surface area contributed by atoms with Crippen LogP contribution in [0.1, 0.15) is 236 Å². The van der Waals surface area contributed by atoms with Gasteiger partial charge in [0.05, 0.1) is 54.9 Å². The number of rotatable bonds is 21. The molecule has 0 aromatic carbocycles. The van der Waals surface area contributed by atoms with Crippen molar-refractivity contribution >= 4 is 17.7 Å². The summed E-state index contributed by atoms with van der Waals surface area (Å²) in [5.41, 5.74) is -0.971. The molecule has 12 fully saturated rings. The van der Waals surface area contributed by atoms with Crippen LogP contribution in [0.2, 0.25) is 0 Å². The molecule has 12 aliphatic carbocycles. The zero-order valence-electron chi connectivity index (χ0n) is 59.6. The first-order valence-electron chi connectivity index (χ1n) is 39.1. The van der Waals surface area contributed by atoms with E-state index in [1.807, 2.05) is 0 Å². The van der Waals surface area contributed by atoms with E-state index in [4.69, 9.17) is 0 Å². The van der Waals surface area contributed by atoms with Crippen molar-refractivity contribution in [3.05, 3.63) is 0 Å². The van der Waals surface area contributed by atoms with Gasteiger partial charge in [-0.2, -0.15) is 0 Å². The average Bonchev–Trinajstić information content (AvgIpc) is 1.34. The van der Waals surface area contributed by atoms with Crippen LogP contribution in [0, 0.1) is 139 Å². The summed E-state index contributed by atoms with van der Waals surface area (Å²) in [7, 11) is 0. The molecule has 0 aromatic rings. The van der Waals surface area contributed by atoms with Gasteiger partial charge < -0.3 is 61.9 Å². The van der Waals surface area contributed by atoms with Crippen LogP contribution in [0.5, 0.6) is 0 Å². The molecule has 0 spiro atoms. The summed E-state index contributed by atoms with van der Waals surface area (Å²) in [6.07, 6.45) is 17.1. The third-order valence-electron chi connectivity index (χ3n) is 33.3. The lowest BCUT2D eigenvalue weighted by Crippen LogP contribution is -2.62. The Morgan fingerprint density at radius 1 is 0.372 bits per heavy atom. The number of carbonyl (C=O) groups excluding carboxylic acids is 3. The molecule has 12 aliphatic rings. The monoisotopic (exact) mass is 1320 g/mol. The topological polar surface area (TPSA) is 273 Å². The van der Waals surface area contributed by atoms with E-state index in [0.717, 1.165) is 116 Å². The molecule has 12 N–H and O–H groups in total. The van der Waals surface area contributed by atoms with E-state index in [1.54, 1.807) is 0 Å². The molecule has 0 aliphatic heterocycles. The molecule has 33 atom stereocenters. The SMILES string of the molecule is C[C@H](CCC(=O)NCCN(CCNC(=O)CC[C@@H](C)[C@H]1CC[C@H]2[C@@H]3[C@H](O)C[C@H]4C[C@H](O)CC[C@]4(C)[C@H]3C[C@H](O)[C@]12C)CCNC(=O)CC[C@@H](C)[C@H]1CC[C@H]2[C@@H]3[C@H](O)C[C@H]4C[C@H](O)CC[C@]4(C)[C@H]3C[C@H](O)[C@]12C)[C@H]1CC[C@H]2[C@@H]3[C@H](O)C[C@H]4C[C@H](O)CC[C@]4(C)[C@H]3C[C@H](O)[C@]12C. The molecule has 536 valence electrons. The zero-order valence-corrected chi connectivity index (χ0v) is 59.6. The lowest BCUT2D eigenvalue weighted by Gasteiger charge is -2.63. The van der Waals surface area contributed by atoms with E-state index in [1.165, 1.54) is 0 Å². The van der Waals surface area contributed by atoms with Gasteiger partial charge in [-0.1, -0.05) is 62.3 Å². The van der Waals surface area contributed by atoms with Crippen LogP contribution in [0.4, 0.5) is 0 Å². The van der Waals surface area contributed by atoms with Crippen LogP contribution in [0.15, 0.2) is 0 Å². The van der Waals surface area contributed by atoms with Crippen molar-refractivity contribution in [2.45, 2.75) is 291 Å². The Hall–Kier alpha value is -1.99. The number of nitrogens with one attached hydrogen (secondary N) is 3. The van der Waals surface area contributed by atoms with Crippen LogP contribution >= 0.6 is 0 Å². The predicted molar refractivity (Wildman–Crippen MR) is 363 cm³/mol. The van der Waals surface area contributed by atoms with Gasteiger partial charge in [-0.3, -0.25) is 19.3 Å². The maximum absolute atomic E-state index is 13.8. The summed E-state index contributed by atoms with van der Waals surface area (Å²) in [5.74, 6) is 3.89. The molecular formula is C78H132N4O12. The molecule has 94 heavy (non-hydrogen) atoms. The molecule has 0 aromatic heterocycles. The van der Waals surface area contributed by atoms with Crippen molar-refractivity contribution in [1.29, 1.82) is 0 Å². The second-order valence-electron chi connectivity index (χ2n) is 37.0. The predicted octanol–water partition coefficient (Wildman–Crippen LogP) is 8.77. The van der Waals surface area contributed by atoms with Gasteiger partial charge >= 0.3 is 0 Å². The molecule has 0 unspecified atom stereocenters. The fourth-order valence-electron chi connectivity index (χ4n) is 27.7. The summed E-state index contributed by atoms with van der Waals surface area (Å²) in [5, 5.41) is 113. The molecular weight excluding hydrogens is 1180 g/mol. The normalized spacial score (nSPS) is 50.2. The highest BCUT2D eigenvalue weighted by molar-refractivity contribution is 5.76. The first-order valence-corrected chi connectivity index (χ1v) is 39.1. The highest BCUT2D eigenvalue weighted by Crippen LogP contribution is 2.72. The van der Waals surface area contributed by atoms with E-state index in [9.17, 15) is 60.3 Å². The zero-order chi connectivity index (χ0) is 67.4. The summed E-state index contributed by atoms with van der Waals surface area (Å²) in [4.78, 5) is 43.5. The van der Waals surface area contributed by atoms with E-state index in [0.29, 0.717) is 97.1 Å². The van der Waals surface area contributed by atoms with Crippen molar-refractivity contribution < 1.29 is 60.3 Å². The number of hydrogen-bond acceptors (Lipinski definition) is 13. The van der Waals surface area contributed by atoms with Crippen LogP contribution in [0.3, 0.4) is 0 Å². The van der Waals surface area contributed by atoms with Crippen LogP contribution in [-0.4, -0.2) is 163 Å². The Morgan fingerprint density at radius 2 is 0.638 bits per heavy atom. The Balaban J connectivity index is 0.629. The number of carbonyl (C=O) groups is 3. The number of fused-ring (bicyclic) bond motifs is 15. The highest BCUT2D eigenvalue weighted by Gasteiger charge is 2.69. The Morgan fingerprint density at radius 3 is 0.904 bits per heavy atom. The molecule has 0 radical (unpaired) electrons. The van der Waals surface area contributed by atoms with Gasteiger partial charge in [0.2, 0.25) is 17.7 Å². The van der Waals surface area contributed by atoms with Crippen LogP contribution in [0.25, 0.3) is 0 Å². The number of aliphatic hydroxyl groups excluding tert-OH is 9. The van der Waals surface area contributed by atoms with Gasteiger partial charge in [-0.25, -0.2) is 0 Å².